The highest BCUT2D eigenvalue weighted by Crippen LogP contribution is 2.14. The van der Waals surface area contributed by atoms with Crippen LogP contribution in [0.3, 0.4) is 0 Å². The third-order valence-corrected chi connectivity index (χ3v) is 2.37. The van der Waals surface area contributed by atoms with Crippen molar-refractivity contribution in [2.24, 2.45) is 0 Å². The topological polar surface area (TPSA) is 70.7 Å². The second-order valence-corrected chi connectivity index (χ2v) is 3.82. The van der Waals surface area contributed by atoms with Crippen molar-refractivity contribution in [3.63, 3.8) is 0 Å². The van der Waals surface area contributed by atoms with E-state index in [4.69, 9.17) is 5.11 Å². The van der Waals surface area contributed by atoms with Gasteiger partial charge in [0, 0.05) is 17.7 Å². The SMILES string of the molecule is CN(C(=O)O)c1nc2cc(Br)ccn2n1. The Hall–Kier alpha value is -1.63. The second kappa shape index (κ2) is 3.50. The van der Waals surface area contributed by atoms with E-state index in [0.29, 0.717) is 5.65 Å². The van der Waals surface area contributed by atoms with E-state index in [2.05, 4.69) is 26.0 Å². The minimum absolute atomic E-state index is 0.153. The summed E-state index contributed by atoms with van der Waals surface area (Å²) in [4.78, 5) is 15.7. The molecule has 78 valence electrons. The van der Waals surface area contributed by atoms with Crippen LogP contribution in [0, 0.1) is 0 Å². The maximum Gasteiger partial charge on any atom is 0.414 e. The monoisotopic (exact) mass is 270 g/mol. The van der Waals surface area contributed by atoms with E-state index in [9.17, 15) is 4.79 Å². The first-order valence-corrected chi connectivity index (χ1v) is 4.86. The summed E-state index contributed by atoms with van der Waals surface area (Å²) in [5.41, 5.74) is 0.590. The molecule has 0 spiro atoms. The van der Waals surface area contributed by atoms with Crippen LogP contribution >= 0.6 is 15.9 Å². The van der Waals surface area contributed by atoms with Crippen LogP contribution in [0.15, 0.2) is 22.8 Å². The van der Waals surface area contributed by atoms with E-state index in [1.807, 2.05) is 0 Å². The first kappa shape index (κ1) is 9.91. The molecule has 0 unspecified atom stereocenters. The molecule has 15 heavy (non-hydrogen) atoms. The molecule has 0 atom stereocenters. The molecule has 0 radical (unpaired) electrons. The van der Waals surface area contributed by atoms with Gasteiger partial charge >= 0.3 is 6.09 Å². The standard InChI is InChI=1S/C8H7BrN4O2/c1-12(8(14)15)7-10-6-4-5(9)2-3-13(6)11-7/h2-4H,1H3,(H,14,15). The van der Waals surface area contributed by atoms with Crippen molar-refractivity contribution in [1.29, 1.82) is 0 Å². The number of aromatic nitrogens is 3. The van der Waals surface area contributed by atoms with Crippen molar-refractivity contribution in [2.75, 3.05) is 11.9 Å². The van der Waals surface area contributed by atoms with Crippen LogP contribution in [-0.2, 0) is 0 Å². The molecule has 0 fully saturated rings. The Morgan fingerprint density at radius 2 is 2.40 bits per heavy atom. The maximum atomic E-state index is 10.7. The zero-order valence-corrected chi connectivity index (χ0v) is 9.34. The fourth-order valence-corrected chi connectivity index (χ4v) is 1.40. The normalized spacial score (nSPS) is 10.5. The number of hydrogen-bond donors (Lipinski definition) is 1. The second-order valence-electron chi connectivity index (χ2n) is 2.90. The van der Waals surface area contributed by atoms with Gasteiger partial charge in [0.15, 0.2) is 5.65 Å². The van der Waals surface area contributed by atoms with E-state index in [1.54, 1.807) is 18.3 Å². The zero-order valence-electron chi connectivity index (χ0n) is 7.75. The maximum absolute atomic E-state index is 10.7. The van der Waals surface area contributed by atoms with Crippen LogP contribution < -0.4 is 4.90 Å². The Morgan fingerprint density at radius 3 is 3.07 bits per heavy atom. The Kier molecular flexibility index (Phi) is 2.31. The summed E-state index contributed by atoms with van der Waals surface area (Å²) in [6.45, 7) is 0. The molecule has 0 saturated heterocycles. The molecule has 0 saturated carbocycles. The zero-order chi connectivity index (χ0) is 11.0. The van der Waals surface area contributed by atoms with Gasteiger partial charge in [-0.1, -0.05) is 15.9 Å². The van der Waals surface area contributed by atoms with E-state index in [0.717, 1.165) is 9.37 Å². The van der Waals surface area contributed by atoms with Crippen molar-refractivity contribution in [2.45, 2.75) is 0 Å². The fourth-order valence-electron chi connectivity index (χ4n) is 1.07. The van der Waals surface area contributed by atoms with Crippen LogP contribution in [0.1, 0.15) is 0 Å². The lowest BCUT2D eigenvalue weighted by molar-refractivity contribution is 0.203. The van der Waals surface area contributed by atoms with Gasteiger partial charge in [0.25, 0.3) is 5.95 Å². The smallest absolute Gasteiger partial charge is 0.414 e. The molecule has 2 aromatic heterocycles. The number of amides is 1. The molecule has 7 heteroatoms. The quantitative estimate of drug-likeness (QED) is 0.855. The van der Waals surface area contributed by atoms with Gasteiger partial charge in [0.1, 0.15) is 0 Å². The first-order valence-electron chi connectivity index (χ1n) is 4.06. The molecule has 1 amide bonds. The third kappa shape index (κ3) is 1.78. The van der Waals surface area contributed by atoms with Gasteiger partial charge in [-0.25, -0.2) is 14.2 Å². The Bertz CT molecular complexity index is 524. The molecule has 2 heterocycles. The summed E-state index contributed by atoms with van der Waals surface area (Å²) in [5, 5.41) is 12.7. The molecule has 1 N–H and O–H groups in total. The van der Waals surface area contributed by atoms with Gasteiger partial charge in [-0.05, 0) is 12.1 Å². The number of rotatable bonds is 1. The summed E-state index contributed by atoms with van der Waals surface area (Å²) in [6.07, 6.45) is 0.607. The predicted octanol–water partition coefficient (Wildman–Crippen LogP) is 1.61. The summed E-state index contributed by atoms with van der Waals surface area (Å²) < 4.78 is 2.38. The molecule has 6 nitrogen and oxygen atoms in total. The lowest BCUT2D eigenvalue weighted by atomic mass is 10.5. The van der Waals surface area contributed by atoms with E-state index in [1.165, 1.54) is 11.6 Å². The highest BCUT2D eigenvalue weighted by atomic mass is 79.9. The summed E-state index contributed by atoms with van der Waals surface area (Å²) in [6, 6.07) is 3.55. The number of fused-ring (bicyclic) bond motifs is 1. The van der Waals surface area contributed by atoms with E-state index < -0.39 is 6.09 Å². The molecule has 0 aliphatic rings. The van der Waals surface area contributed by atoms with Crippen molar-refractivity contribution in [3.05, 3.63) is 22.8 Å². The highest BCUT2D eigenvalue weighted by Gasteiger charge is 2.13. The van der Waals surface area contributed by atoms with Crippen LogP contribution in [-0.4, -0.2) is 32.8 Å². The average molecular weight is 271 g/mol. The van der Waals surface area contributed by atoms with Gasteiger partial charge in [-0.2, -0.15) is 4.98 Å². The highest BCUT2D eigenvalue weighted by molar-refractivity contribution is 9.10. The Balaban J connectivity index is 2.51. The molecule has 0 aromatic carbocycles. The minimum Gasteiger partial charge on any atom is -0.465 e. The largest absolute Gasteiger partial charge is 0.465 e. The van der Waals surface area contributed by atoms with Crippen molar-refractivity contribution in [1.82, 2.24) is 14.6 Å². The Labute approximate surface area is 93.3 Å². The van der Waals surface area contributed by atoms with Gasteiger partial charge < -0.3 is 5.11 Å². The van der Waals surface area contributed by atoms with Gasteiger partial charge in [0.05, 0.1) is 0 Å². The first-order chi connectivity index (χ1) is 7.08. The molecule has 0 aliphatic carbocycles. The number of hydrogen-bond acceptors (Lipinski definition) is 3. The van der Waals surface area contributed by atoms with Gasteiger partial charge in [-0.15, -0.1) is 5.10 Å². The molecule has 2 rings (SSSR count). The van der Waals surface area contributed by atoms with Crippen molar-refractivity contribution >= 4 is 33.6 Å². The van der Waals surface area contributed by atoms with E-state index >= 15 is 0 Å². The van der Waals surface area contributed by atoms with E-state index in [-0.39, 0.29) is 5.95 Å². The molecular weight excluding hydrogens is 264 g/mol. The number of carboxylic acid groups (broad SMARTS) is 1. The number of anilines is 1. The van der Waals surface area contributed by atoms with Crippen LogP contribution in [0.4, 0.5) is 10.7 Å². The molecular formula is C8H7BrN4O2. The molecule has 0 bridgehead atoms. The van der Waals surface area contributed by atoms with Crippen LogP contribution in [0.25, 0.3) is 5.65 Å². The lowest BCUT2D eigenvalue weighted by Crippen LogP contribution is -2.24. The predicted molar refractivity (Wildman–Crippen MR) is 57.1 cm³/mol. The van der Waals surface area contributed by atoms with Gasteiger partial charge in [0.2, 0.25) is 0 Å². The van der Waals surface area contributed by atoms with Crippen LogP contribution in [0.2, 0.25) is 0 Å². The van der Waals surface area contributed by atoms with Crippen molar-refractivity contribution in [3.8, 4) is 0 Å². The average Bonchev–Trinajstić information content (AvgIpc) is 2.58. The minimum atomic E-state index is -1.09. The lowest BCUT2D eigenvalue weighted by Gasteiger charge is -2.05. The summed E-state index contributed by atoms with van der Waals surface area (Å²) in [5.74, 6) is 0.153. The number of carbonyl (C=O) groups is 1. The van der Waals surface area contributed by atoms with Crippen LogP contribution in [0.5, 0.6) is 0 Å². The number of pyridine rings is 1. The molecule has 0 aliphatic heterocycles. The Morgan fingerprint density at radius 1 is 1.67 bits per heavy atom. The molecule has 2 aromatic rings. The summed E-state index contributed by atoms with van der Waals surface area (Å²) in [7, 11) is 1.39. The fraction of sp³-hybridized carbons (Fsp3) is 0.125. The van der Waals surface area contributed by atoms with Crippen molar-refractivity contribution < 1.29 is 9.90 Å². The number of halogens is 1. The summed E-state index contributed by atoms with van der Waals surface area (Å²) >= 11 is 3.30. The third-order valence-electron chi connectivity index (χ3n) is 1.88. The van der Waals surface area contributed by atoms with Gasteiger partial charge in [-0.3, -0.25) is 0 Å². The number of nitrogens with zero attached hydrogens (tertiary/aromatic N) is 4.